The first kappa shape index (κ1) is 11.6. The quantitative estimate of drug-likeness (QED) is 0.851. The average molecular weight is 223 g/mol. The minimum absolute atomic E-state index is 0.450. The number of hydrogen-bond donors (Lipinski definition) is 1. The van der Waals surface area contributed by atoms with Crippen molar-refractivity contribution in [3.63, 3.8) is 0 Å². The summed E-state index contributed by atoms with van der Waals surface area (Å²) >= 11 is 0. The average Bonchev–Trinajstić information content (AvgIpc) is 2.74. The van der Waals surface area contributed by atoms with Crippen molar-refractivity contribution in [1.29, 1.82) is 0 Å². The molecule has 1 heterocycles. The largest absolute Gasteiger partial charge is 0.385 e. The minimum atomic E-state index is -0.450. The fraction of sp³-hybridized carbons (Fsp3) is 0.833. The molecular formula is C12H21N3O. The van der Waals surface area contributed by atoms with Gasteiger partial charge in [-0.2, -0.15) is 5.10 Å². The van der Waals surface area contributed by atoms with Crippen molar-refractivity contribution < 1.29 is 5.11 Å². The van der Waals surface area contributed by atoms with Gasteiger partial charge in [0.05, 0.1) is 0 Å². The van der Waals surface area contributed by atoms with Gasteiger partial charge in [-0.15, -0.1) is 0 Å². The van der Waals surface area contributed by atoms with Crippen LogP contribution in [0.4, 0.5) is 0 Å². The first-order valence-corrected chi connectivity index (χ1v) is 6.29. The Balaban J connectivity index is 1.79. The number of nitrogens with zero attached hydrogens (tertiary/aromatic N) is 3. The minimum Gasteiger partial charge on any atom is -0.385 e. The van der Waals surface area contributed by atoms with Crippen molar-refractivity contribution in [3.8, 4) is 0 Å². The normalized spacial score (nSPS) is 19.9. The third kappa shape index (κ3) is 2.82. The molecule has 1 atom stereocenters. The van der Waals surface area contributed by atoms with E-state index in [1.54, 1.807) is 4.68 Å². The Bertz CT molecular complexity index is 318. The number of aromatic nitrogens is 3. The van der Waals surface area contributed by atoms with E-state index in [9.17, 15) is 5.11 Å². The number of rotatable bonds is 4. The Labute approximate surface area is 96.7 Å². The molecule has 0 amide bonds. The smallest absolute Gasteiger partial charge is 0.155 e. The second-order valence-electron chi connectivity index (χ2n) is 4.84. The van der Waals surface area contributed by atoms with Crippen molar-refractivity contribution in [1.82, 2.24) is 14.8 Å². The van der Waals surface area contributed by atoms with E-state index in [2.05, 4.69) is 10.1 Å². The summed E-state index contributed by atoms with van der Waals surface area (Å²) in [6.07, 6.45) is 9.79. The Kier molecular flexibility index (Phi) is 3.93. The predicted octanol–water partition coefficient (Wildman–Crippen LogP) is 2.21. The SMILES string of the molecule is Cn1ncnc1C(O)CCC1CCCCC1. The van der Waals surface area contributed by atoms with E-state index in [-0.39, 0.29) is 0 Å². The second-order valence-corrected chi connectivity index (χ2v) is 4.84. The van der Waals surface area contributed by atoms with Crippen LogP contribution in [0, 0.1) is 5.92 Å². The summed E-state index contributed by atoms with van der Waals surface area (Å²) in [4.78, 5) is 4.08. The van der Waals surface area contributed by atoms with Crippen molar-refractivity contribution >= 4 is 0 Å². The van der Waals surface area contributed by atoms with Crippen molar-refractivity contribution in [3.05, 3.63) is 12.2 Å². The van der Waals surface area contributed by atoms with Gasteiger partial charge in [0.2, 0.25) is 0 Å². The molecule has 1 aromatic rings. The molecule has 1 aromatic heterocycles. The first-order chi connectivity index (χ1) is 7.77. The number of aliphatic hydroxyl groups excluding tert-OH is 1. The van der Waals surface area contributed by atoms with Gasteiger partial charge < -0.3 is 5.11 Å². The molecule has 0 radical (unpaired) electrons. The Morgan fingerprint density at radius 3 is 2.81 bits per heavy atom. The standard InChI is InChI=1S/C12H21N3O/c1-15-12(13-9-14-15)11(16)8-7-10-5-3-2-4-6-10/h9-11,16H,2-8H2,1H3. The van der Waals surface area contributed by atoms with Gasteiger partial charge in [0.25, 0.3) is 0 Å². The van der Waals surface area contributed by atoms with Gasteiger partial charge in [-0.1, -0.05) is 32.1 Å². The van der Waals surface area contributed by atoms with Crippen LogP contribution in [-0.2, 0) is 7.05 Å². The molecule has 0 aliphatic heterocycles. The molecule has 1 unspecified atom stereocenters. The molecule has 1 N–H and O–H groups in total. The van der Waals surface area contributed by atoms with Gasteiger partial charge in [0, 0.05) is 7.05 Å². The molecule has 0 saturated heterocycles. The van der Waals surface area contributed by atoms with E-state index >= 15 is 0 Å². The number of hydrogen-bond acceptors (Lipinski definition) is 3. The van der Waals surface area contributed by atoms with E-state index in [0.717, 1.165) is 18.8 Å². The molecule has 4 heteroatoms. The Hall–Kier alpha value is -0.900. The summed E-state index contributed by atoms with van der Waals surface area (Å²) in [5.74, 6) is 1.51. The highest BCUT2D eigenvalue weighted by Gasteiger charge is 2.18. The lowest BCUT2D eigenvalue weighted by Crippen LogP contribution is -2.11. The van der Waals surface area contributed by atoms with Crippen LogP contribution in [0.5, 0.6) is 0 Å². The Morgan fingerprint density at radius 1 is 1.44 bits per heavy atom. The van der Waals surface area contributed by atoms with Crippen LogP contribution in [0.25, 0.3) is 0 Å². The molecular weight excluding hydrogens is 202 g/mol. The summed E-state index contributed by atoms with van der Waals surface area (Å²) in [7, 11) is 1.83. The monoisotopic (exact) mass is 223 g/mol. The molecule has 1 fully saturated rings. The lowest BCUT2D eigenvalue weighted by Gasteiger charge is -2.22. The molecule has 1 saturated carbocycles. The molecule has 0 bridgehead atoms. The summed E-state index contributed by atoms with van der Waals surface area (Å²) in [6.45, 7) is 0. The van der Waals surface area contributed by atoms with Crippen molar-refractivity contribution in [2.45, 2.75) is 51.0 Å². The lowest BCUT2D eigenvalue weighted by molar-refractivity contribution is 0.138. The maximum absolute atomic E-state index is 10.00. The van der Waals surface area contributed by atoms with Crippen LogP contribution < -0.4 is 0 Å². The summed E-state index contributed by atoms with van der Waals surface area (Å²) in [5.41, 5.74) is 0. The molecule has 0 spiro atoms. The first-order valence-electron chi connectivity index (χ1n) is 6.29. The van der Waals surface area contributed by atoms with Crippen molar-refractivity contribution in [2.24, 2.45) is 13.0 Å². The number of aryl methyl sites for hydroxylation is 1. The second kappa shape index (κ2) is 5.43. The van der Waals surface area contributed by atoms with Crippen LogP contribution in [0.1, 0.15) is 56.9 Å². The van der Waals surface area contributed by atoms with Gasteiger partial charge >= 0.3 is 0 Å². The van der Waals surface area contributed by atoms with Crippen LogP contribution in [0.3, 0.4) is 0 Å². The molecule has 0 aromatic carbocycles. The molecule has 1 aliphatic rings. The highest BCUT2D eigenvalue weighted by Crippen LogP contribution is 2.29. The third-order valence-electron chi connectivity index (χ3n) is 3.62. The zero-order valence-electron chi connectivity index (χ0n) is 9.97. The van der Waals surface area contributed by atoms with E-state index in [1.165, 1.54) is 38.4 Å². The fourth-order valence-corrected chi connectivity index (χ4v) is 2.61. The van der Waals surface area contributed by atoms with Crippen LogP contribution >= 0.6 is 0 Å². The topological polar surface area (TPSA) is 50.9 Å². The maximum Gasteiger partial charge on any atom is 0.155 e. The van der Waals surface area contributed by atoms with Crippen LogP contribution in [-0.4, -0.2) is 19.9 Å². The van der Waals surface area contributed by atoms with Crippen LogP contribution in [0.2, 0.25) is 0 Å². The van der Waals surface area contributed by atoms with Gasteiger partial charge in [-0.25, -0.2) is 4.98 Å². The lowest BCUT2D eigenvalue weighted by atomic mass is 9.85. The van der Waals surface area contributed by atoms with E-state index in [4.69, 9.17) is 0 Å². The van der Waals surface area contributed by atoms with Gasteiger partial charge in [-0.05, 0) is 18.8 Å². The van der Waals surface area contributed by atoms with E-state index < -0.39 is 6.10 Å². The Morgan fingerprint density at radius 2 is 2.19 bits per heavy atom. The van der Waals surface area contributed by atoms with Crippen molar-refractivity contribution in [2.75, 3.05) is 0 Å². The molecule has 4 nitrogen and oxygen atoms in total. The molecule has 1 aliphatic carbocycles. The van der Waals surface area contributed by atoms with Gasteiger partial charge in [0.1, 0.15) is 12.4 Å². The molecule has 2 rings (SSSR count). The maximum atomic E-state index is 10.00. The zero-order chi connectivity index (χ0) is 11.4. The number of aliphatic hydroxyl groups is 1. The highest BCUT2D eigenvalue weighted by molar-refractivity contribution is 4.89. The summed E-state index contributed by atoms with van der Waals surface area (Å²) in [5, 5.41) is 14.0. The molecule has 90 valence electrons. The predicted molar refractivity (Wildman–Crippen MR) is 61.8 cm³/mol. The van der Waals surface area contributed by atoms with E-state index in [1.807, 2.05) is 7.05 Å². The van der Waals surface area contributed by atoms with E-state index in [0.29, 0.717) is 5.82 Å². The highest BCUT2D eigenvalue weighted by atomic mass is 16.3. The van der Waals surface area contributed by atoms with Crippen LogP contribution in [0.15, 0.2) is 6.33 Å². The van der Waals surface area contributed by atoms with Gasteiger partial charge in [0.15, 0.2) is 5.82 Å². The molecule has 16 heavy (non-hydrogen) atoms. The van der Waals surface area contributed by atoms with Gasteiger partial charge in [-0.3, -0.25) is 4.68 Å². The fourth-order valence-electron chi connectivity index (χ4n) is 2.61. The zero-order valence-corrected chi connectivity index (χ0v) is 9.97. The summed E-state index contributed by atoms with van der Waals surface area (Å²) in [6, 6.07) is 0. The summed E-state index contributed by atoms with van der Waals surface area (Å²) < 4.78 is 1.66. The third-order valence-corrected chi connectivity index (χ3v) is 3.62.